The van der Waals surface area contributed by atoms with E-state index < -0.39 is 11.6 Å². The van der Waals surface area contributed by atoms with E-state index in [1.807, 2.05) is 13.0 Å². The monoisotopic (exact) mass is 211 g/mol. The molecule has 0 aromatic heterocycles. The molecule has 0 amide bonds. The van der Waals surface area contributed by atoms with Crippen molar-refractivity contribution in [3.8, 4) is 6.07 Å². The Hall–Kier alpha value is -1.34. The van der Waals surface area contributed by atoms with Gasteiger partial charge in [0, 0.05) is 6.42 Å². The van der Waals surface area contributed by atoms with Gasteiger partial charge in [-0.05, 0) is 13.3 Å². The fourth-order valence-corrected chi connectivity index (χ4v) is 0.964. The van der Waals surface area contributed by atoms with E-state index in [2.05, 4.69) is 4.74 Å². The number of rotatable bonds is 6. The summed E-state index contributed by atoms with van der Waals surface area (Å²) in [4.78, 5) is 11.2. The first-order valence-corrected chi connectivity index (χ1v) is 5.06. The van der Waals surface area contributed by atoms with Gasteiger partial charge < -0.3 is 9.84 Å². The Balaban J connectivity index is 4.32. The predicted octanol–water partition coefficient (Wildman–Crippen LogP) is 1.55. The summed E-state index contributed by atoms with van der Waals surface area (Å²) in [5.41, 5.74) is -2.04. The second-order valence-corrected chi connectivity index (χ2v) is 3.16. The number of carbonyl (C=O) groups is 1. The highest BCUT2D eigenvalue weighted by molar-refractivity contribution is 5.82. The van der Waals surface area contributed by atoms with Crippen molar-refractivity contribution in [2.75, 3.05) is 6.61 Å². The van der Waals surface area contributed by atoms with E-state index in [0.29, 0.717) is 0 Å². The molecule has 0 spiro atoms. The number of ether oxygens (including phenoxy) is 1. The van der Waals surface area contributed by atoms with Crippen LogP contribution in [0.4, 0.5) is 0 Å². The quantitative estimate of drug-likeness (QED) is 0.411. The maximum absolute atomic E-state index is 11.2. The third-order valence-electron chi connectivity index (χ3n) is 1.83. The Kier molecular flexibility index (Phi) is 6.39. The zero-order valence-electron chi connectivity index (χ0n) is 9.19. The van der Waals surface area contributed by atoms with Gasteiger partial charge in [0.1, 0.15) is 6.07 Å². The number of esters is 1. The van der Waals surface area contributed by atoms with Gasteiger partial charge in [-0.15, -0.1) is 0 Å². The molecule has 0 bridgehead atoms. The molecule has 0 aliphatic carbocycles. The fourth-order valence-electron chi connectivity index (χ4n) is 0.964. The molecule has 84 valence electrons. The van der Waals surface area contributed by atoms with Crippen LogP contribution in [0, 0.1) is 11.3 Å². The molecule has 0 saturated carbocycles. The zero-order valence-corrected chi connectivity index (χ0v) is 9.19. The van der Waals surface area contributed by atoms with Crippen molar-refractivity contribution in [2.24, 2.45) is 0 Å². The summed E-state index contributed by atoms with van der Waals surface area (Å²) in [6, 6.07) is 1.57. The zero-order chi connectivity index (χ0) is 11.7. The number of carbonyl (C=O) groups excluding carboxylic acids is 1. The summed E-state index contributed by atoms with van der Waals surface area (Å²) >= 11 is 0. The number of nitriles is 1. The number of unbranched alkanes of at least 4 members (excludes halogenated alkanes) is 1. The van der Waals surface area contributed by atoms with Crippen molar-refractivity contribution in [1.29, 1.82) is 5.26 Å². The van der Waals surface area contributed by atoms with Crippen LogP contribution in [0.1, 0.15) is 33.1 Å². The van der Waals surface area contributed by atoms with E-state index in [4.69, 9.17) is 5.26 Å². The van der Waals surface area contributed by atoms with Crippen LogP contribution in [0.3, 0.4) is 0 Å². The van der Waals surface area contributed by atoms with Crippen molar-refractivity contribution < 1.29 is 14.6 Å². The first kappa shape index (κ1) is 13.7. The summed E-state index contributed by atoms with van der Waals surface area (Å²) in [6.07, 6.45) is 5.29. The fraction of sp³-hybridized carbons (Fsp3) is 0.636. The van der Waals surface area contributed by atoms with Gasteiger partial charge in [-0.25, -0.2) is 4.79 Å². The molecule has 15 heavy (non-hydrogen) atoms. The summed E-state index contributed by atoms with van der Waals surface area (Å²) in [5.74, 6) is -0.881. The van der Waals surface area contributed by atoms with Gasteiger partial charge in [0.05, 0.1) is 6.61 Å². The van der Waals surface area contributed by atoms with Crippen LogP contribution in [0.25, 0.3) is 0 Å². The normalized spacial score (nSPS) is 14.5. The third-order valence-corrected chi connectivity index (χ3v) is 1.83. The second kappa shape index (κ2) is 7.02. The minimum Gasteiger partial charge on any atom is -0.463 e. The Morgan fingerprint density at radius 1 is 1.53 bits per heavy atom. The van der Waals surface area contributed by atoms with Gasteiger partial charge >= 0.3 is 5.97 Å². The molecule has 0 aliphatic heterocycles. The number of hydrogen-bond donors (Lipinski definition) is 1. The van der Waals surface area contributed by atoms with Gasteiger partial charge in [0.25, 0.3) is 5.60 Å². The van der Waals surface area contributed by atoms with Gasteiger partial charge in [-0.1, -0.05) is 25.5 Å². The molecule has 0 aliphatic rings. The Morgan fingerprint density at radius 2 is 2.20 bits per heavy atom. The lowest BCUT2D eigenvalue weighted by molar-refractivity contribution is -0.158. The van der Waals surface area contributed by atoms with E-state index in [0.717, 1.165) is 12.8 Å². The number of aliphatic hydroxyl groups is 1. The lowest BCUT2D eigenvalue weighted by Gasteiger charge is -2.15. The van der Waals surface area contributed by atoms with Crippen LogP contribution in [0.5, 0.6) is 0 Å². The highest BCUT2D eigenvalue weighted by Gasteiger charge is 2.36. The van der Waals surface area contributed by atoms with E-state index in [9.17, 15) is 9.90 Å². The molecule has 0 rings (SSSR count). The molecule has 0 aromatic carbocycles. The van der Waals surface area contributed by atoms with E-state index >= 15 is 0 Å². The highest BCUT2D eigenvalue weighted by Crippen LogP contribution is 2.12. The molecule has 0 radical (unpaired) electrons. The van der Waals surface area contributed by atoms with E-state index in [1.165, 1.54) is 0 Å². The molecule has 4 heteroatoms. The van der Waals surface area contributed by atoms with Crippen molar-refractivity contribution in [3.63, 3.8) is 0 Å². The number of nitrogens with zero attached hydrogens (tertiary/aromatic N) is 1. The summed E-state index contributed by atoms with van der Waals surface area (Å²) in [7, 11) is 0. The van der Waals surface area contributed by atoms with Crippen LogP contribution < -0.4 is 0 Å². The SMILES string of the molecule is CCC/C=C/CC(O)(C#N)C(=O)OCC. The molecule has 0 aromatic rings. The predicted molar refractivity (Wildman–Crippen MR) is 55.9 cm³/mol. The van der Waals surface area contributed by atoms with Crippen LogP contribution in [0.2, 0.25) is 0 Å². The van der Waals surface area contributed by atoms with Gasteiger partial charge in [-0.3, -0.25) is 0 Å². The molecule has 1 atom stereocenters. The Morgan fingerprint density at radius 3 is 2.67 bits per heavy atom. The molecule has 0 saturated heterocycles. The lowest BCUT2D eigenvalue weighted by Crippen LogP contribution is -2.38. The van der Waals surface area contributed by atoms with Crippen LogP contribution in [0.15, 0.2) is 12.2 Å². The molecule has 1 unspecified atom stereocenters. The van der Waals surface area contributed by atoms with Crippen molar-refractivity contribution in [2.45, 2.75) is 38.7 Å². The molecule has 1 N–H and O–H groups in total. The molecule has 4 nitrogen and oxygen atoms in total. The van der Waals surface area contributed by atoms with Crippen molar-refractivity contribution in [1.82, 2.24) is 0 Å². The molecular formula is C11H17NO3. The van der Waals surface area contributed by atoms with Crippen molar-refractivity contribution >= 4 is 5.97 Å². The average molecular weight is 211 g/mol. The first-order chi connectivity index (χ1) is 7.10. The lowest BCUT2D eigenvalue weighted by atomic mass is 10.0. The highest BCUT2D eigenvalue weighted by atomic mass is 16.5. The van der Waals surface area contributed by atoms with Gasteiger partial charge in [0.15, 0.2) is 0 Å². The summed E-state index contributed by atoms with van der Waals surface area (Å²) < 4.78 is 4.61. The Labute approximate surface area is 90.2 Å². The van der Waals surface area contributed by atoms with Crippen LogP contribution in [-0.2, 0) is 9.53 Å². The number of hydrogen-bond acceptors (Lipinski definition) is 4. The number of allylic oxidation sites excluding steroid dienone is 1. The average Bonchev–Trinajstić information content (AvgIpc) is 2.24. The topological polar surface area (TPSA) is 70.3 Å². The molecule has 0 heterocycles. The smallest absolute Gasteiger partial charge is 0.353 e. The van der Waals surface area contributed by atoms with Crippen LogP contribution in [-0.4, -0.2) is 23.3 Å². The maximum Gasteiger partial charge on any atom is 0.353 e. The first-order valence-electron chi connectivity index (χ1n) is 5.06. The summed E-state index contributed by atoms with van der Waals surface area (Å²) in [6.45, 7) is 3.80. The second-order valence-electron chi connectivity index (χ2n) is 3.16. The van der Waals surface area contributed by atoms with Gasteiger partial charge in [0.2, 0.25) is 0 Å². The molecular weight excluding hydrogens is 194 g/mol. The standard InChI is InChI=1S/C11H17NO3/c1-3-5-6-7-8-11(14,9-12)10(13)15-4-2/h6-7,14H,3-5,8H2,1-2H3/b7-6+. The summed E-state index contributed by atoms with van der Waals surface area (Å²) in [5, 5.41) is 18.3. The van der Waals surface area contributed by atoms with E-state index in [-0.39, 0.29) is 13.0 Å². The minimum absolute atomic E-state index is 0.0255. The maximum atomic E-state index is 11.2. The largest absolute Gasteiger partial charge is 0.463 e. The third kappa shape index (κ3) is 4.61. The minimum atomic E-state index is -2.04. The van der Waals surface area contributed by atoms with Gasteiger partial charge in [-0.2, -0.15) is 5.26 Å². The molecule has 0 fully saturated rings. The van der Waals surface area contributed by atoms with E-state index in [1.54, 1.807) is 19.1 Å². The van der Waals surface area contributed by atoms with Crippen molar-refractivity contribution in [3.05, 3.63) is 12.2 Å². The van der Waals surface area contributed by atoms with Crippen LogP contribution >= 0.6 is 0 Å². The Bertz CT molecular complexity index is 267.